The molecule has 2 aromatic rings. The number of hydrazine groups is 1. The van der Waals surface area contributed by atoms with Crippen molar-refractivity contribution in [3.63, 3.8) is 0 Å². The predicted octanol–water partition coefficient (Wildman–Crippen LogP) is 2.46. The highest BCUT2D eigenvalue weighted by Gasteiger charge is 2.21. The topological polar surface area (TPSA) is 85.8 Å². The number of rotatable bonds is 3. The van der Waals surface area contributed by atoms with Crippen molar-refractivity contribution < 1.29 is 12.8 Å². The first-order valence-corrected chi connectivity index (χ1v) is 10.5. The summed E-state index contributed by atoms with van der Waals surface area (Å²) in [6, 6.07) is 13.8. The van der Waals surface area contributed by atoms with E-state index in [-0.39, 0.29) is 16.0 Å². The molecule has 2 aromatic carbocycles. The van der Waals surface area contributed by atoms with E-state index in [0.717, 1.165) is 12.8 Å². The van der Waals surface area contributed by atoms with Crippen molar-refractivity contribution in [3.05, 3.63) is 60.4 Å². The van der Waals surface area contributed by atoms with Crippen LogP contribution in [0.1, 0.15) is 12.8 Å². The van der Waals surface area contributed by atoms with E-state index in [1.807, 2.05) is 4.90 Å². The third-order valence-electron chi connectivity index (χ3n) is 4.02. The van der Waals surface area contributed by atoms with Gasteiger partial charge in [0.25, 0.3) is 10.0 Å². The van der Waals surface area contributed by atoms with Crippen LogP contribution in [0.5, 0.6) is 0 Å². The van der Waals surface area contributed by atoms with Crippen molar-refractivity contribution in [1.82, 2.24) is 15.8 Å². The Morgan fingerprint density at radius 2 is 1.75 bits per heavy atom. The summed E-state index contributed by atoms with van der Waals surface area (Å²) in [5, 5.41) is 2.97. The molecule has 0 radical (unpaired) electrons. The molecule has 1 heterocycles. The van der Waals surface area contributed by atoms with Crippen molar-refractivity contribution in [2.45, 2.75) is 17.7 Å². The van der Waals surface area contributed by atoms with Gasteiger partial charge >= 0.3 is 0 Å². The SMILES string of the molecule is O=S(=O)(/N=C(\NNC(=S)Nc1cccc(F)c1)N1CCCC1)c1ccccc1. The van der Waals surface area contributed by atoms with Gasteiger partial charge in [0.2, 0.25) is 5.96 Å². The molecule has 0 bridgehead atoms. The van der Waals surface area contributed by atoms with Crippen LogP contribution in [0.4, 0.5) is 10.1 Å². The lowest BCUT2D eigenvalue weighted by Gasteiger charge is -2.22. The summed E-state index contributed by atoms with van der Waals surface area (Å²) < 4.78 is 42.4. The molecule has 0 amide bonds. The van der Waals surface area contributed by atoms with Crippen molar-refractivity contribution in [2.24, 2.45) is 4.40 Å². The van der Waals surface area contributed by atoms with Gasteiger partial charge in [0.15, 0.2) is 5.11 Å². The lowest BCUT2D eigenvalue weighted by Crippen LogP contribution is -2.50. The van der Waals surface area contributed by atoms with Gasteiger partial charge in [-0.3, -0.25) is 10.9 Å². The van der Waals surface area contributed by atoms with E-state index in [4.69, 9.17) is 12.2 Å². The van der Waals surface area contributed by atoms with E-state index in [2.05, 4.69) is 20.6 Å². The largest absolute Gasteiger partial charge is 0.341 e. The highest BCUT2D eigenvalue weighted by Crippen LogP contribution is 2.14. The Morgan fingerprint density at radius 3 is 2.43 bits per heavy atom. The first-order valence-electron chi connectivity index (χ1n) is 8.67. The minimum absolute atomic E-state index is 0.106. The summed E-state index contributed by atoms with van der Waals surface area (Å²) in [4.78, 5) is 1.94. The summed E-state index contributed by atoms with van der Waals surface area (Å²) in [5.74, 6) is -0.237. The molecule has 1 aliphatic heterocycles. The molecule has 3 rings (SSSR count). The third kappa shape index (κ3) is 5.40. The molecule has 28 heavy (non-hydrogen) atoms. The molecule has 148 valence electrons. The molecule has 1 aliphatic rings. The molecule has 10 heteroatoms. The average molecular weight is 422 g/mol. The summed E-state index contributed by atoms with van der Waals surface area (Å²) in [5.41, 5.74) is 5.95. The molecule has 1 saturated heterocycles. The smallest absolute Gasteiger partial charge is 0.285 e. The molecular formula is C18H20FN5O2S2. The van der Waals surface area contributed by atoms with Crippen LogP contribution in [-0.4, -0.2) is 37.5 Å². The molecule has 0 saturated carbocycles. The number of nitrogens with zero attached hydrogens (tertiary/aromatic N) is 2. The van der Waals surface area contributed by atoms with Gasteiger partial charge in [-0.1, -0.05) is 24.3 Å². The second-order valence-corrected chi connectivity index (χ2v) is 8.12. The fourth-order valence-electron chi connectivity index (χ4n) is 2.69. The minimum Gasteiger partial charge on any atom is -0.341 e. The van der Waals surface area contributed by atoms with Gasteiger partial charge in [-0.25, -0.2) is 4.39 Å². The van der Waals surface area contributed by atoms with Gasteiger partial charge in [-0.15, -0.1) is 4.40 Å². The highest BCUT2D eigenvalue weighted by atomic mass is 32.2. The van der Waals surface area contributed by atoms with Crippen LogP contribution < -0.4 is 16.2 Å². The lowest BCUT2D eigenvalue weighted by atomic mass is 10.3. The molecule has 0 spiro atoms. The van der Waals surface area contributed by atoms with Crippen molar-refractivity contribution in [2.75, 3.05) is 18.4 Å². The van der Waals surface area contributed by atoms with E-state index in [1.165, 1.54) is 24.3 Å². The Morgan fingerprint density at radius 1 is 1.04 bits per heavy atom. The number of hydrogen-bond acceptors (Lipinski definition) is 3. The van der Waals surface area contributed by atoms with E-state index >= 15 is 0 Å². The number of hydrogen-bond donors (Lipinski definition) is 3. The monoisotopic (exact) mass is 421 g/mol. The van der Waals surface area contributed by atoms with E-state index in [1.54, 1.807) is 30.3 Å². The Balaban J connectivity index is 1.73. The molecule has 0 unspecified atom stereocenters. The maximum absolute atomic E-state index is 13.3. The standard InChI is InChI=1S/C18H20FN5O2S2/c19-14-7-6-8-15(13-14)20-18(27)22-21-17(24-11-4-5-12-24)23-28(25,26)16-9-2-1-3-10-16/h1-3,6-10,13H,4-5,11-12H2,(H,21,23)(H2,20,22,27). The fraction of sp³-hybridized carbons (Fsp3) is 0.222. The Kier molecular flexibility index (Phi) is 6.42. The van der Waals surface area contributed by atoms with Gasteiger partial charge in [0.05, 0.1) is 4.90 Å². The molecule has 7 nitrogen and oxygen atoms in total. The lowest BCUT2D eigenvalue weighted by molar-refractivity contribution is 0.491. The number of thiocarbonyl (C=S) groups is 1. The van der Waals surface area contributed by atoms with Crippen molar-refractivity contribution in [1.29, 1.82) is 0 Å². The van der Waals surface area contributed by atoms with Crippen LogP contribution in [0, 0.1) is 5.82 Å². The Bertz CT molecular complexity index is 961. The van der Waals surface area contributed by atoms with E-state index in [0.29, 0.717) is 18.8 Å². The number of nitrogens with one attached hydrogen (secondary N) is 3. The zero-order valence-corrected chi connectivity index (χ0v) is 16.6. The molecule has 1 fully saturated rings. The number of likely N-dealkylation sites (tertiary alicyclic amines) is 1. The number of guanidine groups is 1. The van der Waals surface area contributed by atoms with Crippen LogP contribution in [-0.2, 0) is 10.0 Å². The van der Waals surface area contributed by atoms with Crippen LogP contribution in [0.3, 0.4) is 0 Å². The zero-order valence-electron chi connectivity index (χ0n) is 14.9. The zero-order chi connectivity index (χ0) is 20.0. The summed E-state index contributed by atoms with van der Waals surface area (Å²) in [7, 11) is -3.88. The van der Waals surface area contributed by atoms with Crippen LogP contribution in [0.25, 0.3) is 0 Å². The first-order chi connectivity index (χ1) is 13.4. The van der Waals surface area contributed by atoms with Gasteiger partial charge in [0, 0.05) is 18.8 Å². The quantitative estimate of drug-likeness (QED) is 0.304. The number of benzene rings is 2. The fourth-order valence-corrected chi connectivity index (χ4v) is 3.85. The van der Waals surface area contributed by atoms with Crippen LogP contribution in [0.2, 0.25) is 0 Å². The van der Waals surface area contributed by atoms with Crippen molar-refractivity contribution >= 4 is 39.0 Å². The maximum Gasteiger partial charge on any atom is 0.285 e. The van der Waals surface area contributed by atoms with Gasteiger partial charge in [0.1, 0.15) is 5.82 Å². The van der Waals surface area contributed by atoms with Gasteiger partial charge in [-0.2, -0.15) is 8.42 Å². The van der Waals surface area contributed by atoms with E-state index < -0.39 is 15.8 Å². The summed E-state index contributed by atoms with van der Waals surface area (Å²) in [6.45, 7) is 1.36. The summed E-state index contributed by atoms with van der Waals surface area (Å²) in [6.07, 6.45) is 1.89. The Hall–Kier alpha value is -2.72. The molecule has 0 aromatic heterocycles. The van der Waals surface area contributed by atoms with Gasteiger partial charge < -0.3 is 10.2 Å². The highest BCUT2D eigenvalue weighted by molar-refractivity contribution is 7.90. The number of sulfonamides is 1. The molecular weight excluding hydrogens is 401 g/mol. The second-order valence-electron chi connectivity index (χ2n) is 6.11. The average Bonchev–Trinajstić information content (AvgIpc) is 3.20. The second kappa shape index (κ2) is 8.98. The number of halogens is 1. The van der Waals surface area contributed by atoms with Crippen LogP contribution in [0.15, 0.2) is 63.9 Å². The Labute approximate surface area is 168 Å². The number of anilines is 1. The van der Waals surface area contributed by atoms with Crippen LogP contribution >= 0.6 is 12.2 Å². The normalized spacial score (nSPS) is 14.6. The van der Waals surface area contributed by atoms with Gasteiger partial charge in [-0.05, 0) is 55.4 Å². The first kappa shape index (κ1) is 20.0. The van der Waals surface area contributed by atoms with E-state index in [9.17, 15) is 12.8 Å². The predicted molar refractivity (Wildman–Crippen MR) is 111 cm³/mol. The molecule has 0 aliphatic carbocycles. The third-order valence-corrected chi connectivity index (χ3v) is 5.51. The van der Waals surface area contributed by atoms with Crippen molar-refractivity contribution in [3.8, 4) is 0 Å². The molecule has 3 N–H and O–H groups in total. The summed E-state index contributed by atoms with van der Waals surface area (Å²) >= 11 is 5.18. The molecule has 0 atom stereocenters. The maximum atomic E-state index is 13.3. The minimum atomic E-state index is -3.88.